The first-order valence-corrected chi connectivity index (χ1v) is 6.17. The van der Waals surface area contributed by atoms with Gasteiger partial charge in [0, 0.05) is 18.6 Å². The number of halogens is 1. The van der Waals surface area contributed by atoms with Crippen molar-refractivity contribution in [1.29, 1.82) is 0 Å². The minimum atomic E-state index is -0.312. The van der Waals surface area contributed by atoms with Crippen molar-refractivity contribution in [2.75, 3.05) is 11.4 Å². The molecular weight excluding hydrogens is 233 g/mol. The number of rotatable bonds is 1. The first-order chi connectivity index (χ1) is 8.63. The molecule has 18 heavy (non-hydrogen) atoms. The number of hydrogen-bond donors (Lipinski definition) is 1. The number of nitrogens with two attached hydrogens (primary N) is 1. The fourth-order valence-corrected chi connectivity index (χ4v) is 2.47. The molecule has 3 heterocycles. The normalized spacial score (nSPS) is 24.7. The largest absolute Gasteiger partial charge is 0.337 e. The molecule has 0 aliphatic carbocycles. The van der Waals surface area contributed by atoms with Crippen LogP contribution in [0.3, 0.4) is 0 Å². The molecular formula is C12H16FN5. The molecule has 6 heteroatoms. The van der Waals surface area contributed by atoms with Gasteiger partial charge in [0.1, 0.15) is 5.82 Å². The number of fused-ring (bicyclic) bond motifs is 1. The van der Waals surface area contributed by atoms with Crippen molar-refractivity contribution in [1.82, 2.24) is 14.6 Å². The smallest absolute Gasteiger partial charge is 0.245 e. The standard InChI is InChI=1S/C12H16FN5/c1-8-6-10(14)4-5-17(8)12-15-11-3-2-9(13)7-18(11)16-12/h2-3,7-8,10H,4-6,14H2,1H3. The fourth-order valence-electron chi connectivity index (χ4n) is 2.47. The summed E-state index contributed by atoms with van der Waals surface area (Å²) in [5.74, 6) is 0.340. The van der Waals surface area contributed by atoms with Gasteiger partial charge in [-0.2, -0.15) is 4.98 Å². The molecule has 2 N–H and O–H groups in total. The van der Waals surface area contributed by atoms with Crippen molar-refractivity contribution in [3.05, 3.63) is 24.1 Å². The Bertz CT molecular complexity index is 567. The van der Waals surface area contributed by atoms with Crippen LogP contribution in [0.25, 0.3) is 5.65 Å². The van der Waals surface area contributed by atoms with Crippen LogP contribution in [-0.4, -0.2) is 33.2 Å². The molecule has 0 amide bonds. The summed E-state index contributed by atoms with van der Waals surface area (Å²) in [5.41, 5.74) is 6.60. The lowest BCUT2D eigenvalue weighted by atomic mass is 10.00. The Kier molecular flexibility index (Phi) is 2.66. The van der Waals surface area contributed by atoms with E-state index >= 15 is 0 Å². The van der Waals surface area contributed by atoms with E-state index in [2.05, 4.69) is 21.9 Å². The third kappa shape index (κ3) is 1.92. The Morgan fingerprint density at radius 1 is 1.44 bits per heavy atom. The summed E-state index contributed by atoms with van der Waals surface area (Å²) >= 11 is 0. The van der Waals surface area contributed by atoms with Gasteiger partial charge >= 0.3 is 0 Å². The van der Waals surface area contributed by atoms with Crippen molar-refractivity contribution in [2.24, 2.45) is 5.73 Å². The molecule has 1 aliphatic rings. The highest BCUT2D eigenvalue weighted by Gasteiger charge is 2.26. The van der Waals surface area contributed by atoms with Crippen LogP contribution in [-0.2, 0) is 0 Å². The highest BCUT2D eigenvalue weighted by atomic mass is 19.1. The van der Waals surface area contributed by atoms with Gasteiger partial charge in [-0.15, -0.1) is 5.10 Å². The Labute approximate surface area is 104 Å². The van der Waals surface area contributed by atoms with Crippen molar-refractivity contribution in [2.45, 2.75) is 31.8 Å². The zero-order chi connectivity index (χ0) is 12.7. The van der Waals surface area contributed by atoms with E-state index in [0.717, 1.165) is 19.4 Å². The maximum absolute atomic E-state index is 13.1. The topological polar surface area (TPSA) is 59.5 Å². The van der Waals surface area contributed by atoms with Crippen LogP contribution >= 0.6 is 0 Å². The molecule has 2 aromatic rings. The summed E-state index contributed by atoms with van der Waals surface area (Å²) in [4.78, 5) is 6.56. The zero-order valence-electron chi connectivity index (χ0n) is 10.3. The predicted octanol–water partition coefficient (Wildman–Crippen LogP) is 1.18. The molecule has 0 radical (unpaired) electrons. The minimum absolute atomic E-state index is 0.255. The maximum Gasteiger partial charge on any atom is 0.245 e. The summed E-state index contributed by atoms with van der Waals surface area (Å²) in [6.07, 6.45) is 3.21. The zero-order valence-corrected chi connectivity index (χ0v) is 10.3. The van der Waals surface area contributed by atoms with Crippen molar-refractivity contribution < 1.29 is 4.39 Å². The maximum atomic E-state index is 13.1. The monoisotopic (exact) mass is 249 g/mol. The molecule has 2 aromatic heterocycles. The Morgan fingerprint density at radius 3 is 3.06 bits per heavy atom. The SMILES string of the molecule is CC1CC(N)CCN1c1nc2ccc(F)cn2n1. The first kappa shape index (κ1) is 11.4. The average Bonchev–Trinajstić information content (AvgIpc) is 2.71. The van der Waals surface area contributed by atoms with Crippen molar-refractivity contribution in [3.63, 3.8) is 0 Å². The number of piperidine rings is 1. The van der Waals surface area contributed by atoms with E-state index in [1.54, 1.807) is 6.07 Å². The summed E-state index contributed by atoms with van der Waals surface area (Å²) < 4.78 is 14.6. The molecule has 1 fully saturated rings. The minimum Gasteiger partial charge on any atom is -0.337 e. The number of pyridine rings is 1. The lowest BCUT2D eigenvalue weighted by Crippen LogP contribution is -2.46. The molecule has 1 aliphatic heterocycles. The molecule has 0 bridgehead atoms. The van der Waals surface area contributed by atoms with Crippen LogP contribution < -0.4 is 10.6 Å². The van der Waals surface area contributed by atoms with Gasteiger partial charge in [0.15, 0.2) is 5.65 Å². The van der Waals surface area contributed by atoms with E-state index in [1.807, 2.05) is 0 Å². The molecule has 0 aromatic carbocycles. The van der Waals surface area contributed by atoms with E-state index in [9.17, 15) is 4.39 Å². The van der Waals surface area contributed by atoms with Gasteiger partial charge in [0.25, 0.3) is 0 Å². The van der Waals surface area contributed by atoms with E-state index in [1.165, 1.54) is 16.8 Å². The summed E-state index contributed by atoms with van der Waals surface area (Å²) in [6, 6.07) is 3.59. The van der Waals surface area contributed by atoms with Crippen LogP contribution in [0.1, 0.15) is 19.8 Å². The van der Waals surface area contributed by atoms with Gasteiger partial charge in [0.2, 0.25) is 5.95 Å². The number of nitrogens with zero attached hydrogens (tertiary/aromatic N) is 4. The molecule has 2 unspecified atom stereocenters. The number of aromatic nitrogens is 3. The van der Waals surface area contributed by atoms with Crippen LogP contribution in [0.2, 0.25) is 0 Å². The van der Waals surface area contributed by atoms with E-state index in [4.69, 9.17) is 5.73 Å². The van der Waals surface area contributed by atoms with Gasteiger partial charge in [-0.1, -0.05) is 0 Å². The summed E-state index contributed by atoms with van der Waals surface area (Å²) in [5, 5.41) is 4.32. The third-order valence-corrected chi connectivity index (χ3v) is 3.46. The van der Waals surface area contributed by atoms with E-state index < -0.39 is 0 Å². The Balaban J connectivity index is 1.94. The third-order valence-electron chi connectivity index (χ3n) is 3.46. The molecule has 2 atom stereocenters. The molecule has 3 rings (SSSR count). The molecule has 96 valence electrons. The van der Waals surface area contributed by atoms with Crippen molar-refractivity contribution >= 4 is 11.6 Å². The van der Waals surface area contributed by atoms with Gasteiger partial charge in [-0.25, -0.2) is 8.91 Å². The van der Waals surface area contributed by atoms with E-state index in [-0.39, 0.29) is 11.9 Å². The van der Waals surface area contributed by atoms with Gasteiger partial charge in [-0.05, 0) is 31.9 Å². The van der Waals surface area contributed by atoms with Gasteiger partial charge in [0.05, 0.1) is 6.20 Å². The van der Waals surface area contributed by atoms with Crippen LogP contribution in [0.4, 0.5) is 10.3 Å². The highest BCUT2D eigenvalue weighted by Crippen LogP contribution is 2.21. The van der Waals surface area contributed by atoms with Gasteiger partial charge in [-0.3, -0.25) is 0 Å². The Hall–Kier alpha value is -1.69. The van der Waals surface area contributed by atoms with Gasteiger partial charge < -0.3 is 10.6 Å². The van der Waals surface area contributed by atoms with Crippen LogP contribution in [0.5, 0.6) is 0 Å². The predicted molar refractivity (Wildman–Crippen MR) is 67.0 cm³/mol. The summed E-state index contributed by atoms with van der Waals surface area (Å²) in [6.45, 7) is 2.97. The second-order valence-corrected chi connectivity index (χ2v) is 4.89. The van der Waals surface area contributed by atoms with Crippen molar-refractivity contribution in [3.8, 4) is 0 Å². The highest BCUT2D eigenvalue weighted by molar-refractivity contribution is 5.45. The fraction of sp³-hybridized carbons (Fsp3) is 0.500. The lowest BCUT2D eigenvalue weighted by Gasteiger charge is -2.35. The molecule has 0 spiro atoms. The number of hydrogen-bond acceptors (Lipinski definition) is 4. The lowest BCUT2D eigenvalue weighted by molar-refractivity contribution is 0.424. The second-order valence-electron chi connectivity index (χ2n) is 4.89. The molecule has 5 nitrogen and oxygen atoms in total. The molecule has 1 saturated heterocycles. The summed E-state index contributed by atoms with van der Waals surface area (Å²) in [7, 11) is 0. The van der Waals surface area contributed by atoms with E-state index in [0.29, 0.717) is 17.6 Å². The van der Waals surface area contributed by atoms with Crippen LogP contribution in [0.15, 0.2) is 18.3 Å². The second kappa shape index (κ2) is 4.20. The number of anilines is 1. The quantitative estimate of drug-likeness (QED) is 0.824. The Morgan fingerprint density at radius 2 is 2.28 bits per heavy atom. The first-order valence-electron chi connectivity index (χ1n) is 6.17. The molecule has 0 saturated carbocycles. The average molecular weight is 249 g/mol. The van der Waals surface area contributed by atoms with Crippen LogP contribution in [0, 0.1) is 5.82 Å².